The van der Waals surface area contributed by atoms with E-state index in [1.165, 1.54) is 6.92 Å². The summed E-state index contributed by atoms with van der Waals surface area (Å²) in [5, 5.41) is 3.35. The summed E-state index contributed by atoms with van der Waals surface area (Å²) in [4.78, 5) is 27.9. The molecule has 0 aliphatic carbocycles. The minimum absolute atomic E-state index is 0.0159. The molecule has 37 heavy (non-hydrogen) atoms. The van der Waals surface area contributed by atoms with Crippen LogP contribution in [0.4, 0.5) is 5.82 Å². The zero-order valence-corrected chi connectivity index (χ0v) is 24.8. The number of carbonyl (C=O) groups is 2. The van der Waals surface area contributed by atoms with Gasteiger partial charge < -0.3 is 29.2 Å². The molecule has 2 atom stereocenters. The Balaban J connectivity index is 2.01. The number of morpholine rings is 1. The normalized spacial score (nSPS) is 16.7. The summed E-state index contributed by atoms with van der Waals surface area (Å²) in [7, 11) is 0. The minimum atomic E-state index is -1.04. The van der Waals surface area contributed by atoms with E-state index in [4.69, 9.17) is 18.9 Å². The van der Waals surface area contributed by atoms with E-state index in [0.29, 0.717) is 51.0 Å². The average Bonchev–Trinajstić information content (AvgIpc) is 3.28. The second-order valence-corrected chi connectivity index (χ2v) is 12.6. The molecule has 1 aromatic rings. The van der Waals surface area contributed by atoms with Gasteiger partial charge in [0.15, 0.2) is 6.10 Å². The Kier molecular flexibility index (Phi) is 11.1. The van der Waals surface area contributed by atoms with Crippen LogP contribution in [0.3, 0.4) is 0 Å². The Morgan fingerprint density at radius 3 is 2.32 bits per heavy atom. The molecule has 1 saturated heterocycles. The lowest BCUT2D eigenvalue weighted by Gasteiger charge is -2.33. The molecule has 0 amide bonds. The van der Waals surface area contributed by atoms with Crippen LogP contribution in [0.2, 0.25) is 0 Å². The van der Waals surface area contributed by atoms with Gasteiger partial charge in [0.1, 0.15) is 12.7 Å². The Morgan fingerprint density at radius 1 is 1.08 bits per heavy atom. The van der Waals surface area contributed by atoms with Gasteiger partial charge in [-0.05, 0) is 53.4 Å². The first-order valence-electron chi connectivity index (χ1n) is 13.1. The molecule has 2 rings (SSSR count). The standard InChI is InChI=1S/C26H46N4O6S/c1-10-25(6,7)17-26(8,9)23(32)35-18(2)22(31)36-19(15-27-24(3,4)5)16-34-21-20(28-37-29-21)30-11-13-33-14-12-30/h18-19,27H,10-17H2,1-9H3/t18-,19+/m1/s1. The molecule has 1 N–H and O–H groups in total. The van der Waals surface area contributed by atoms with Crippen LogP contribution in [0.1, 0.15) is 75.2 Å². The molecule has 1 fully saturated rings. The van der Waals surface area contributed by atoms with Crippen molar-refractivity contribution in [2.45, 2.75) is 92.9 Å². The molecule has 0 radical (unpaired) electrons. The van der Waals surface area contributed by atoms with Crippen molar-refractivity contribution in [3.8, 4) is 5.88 Å². The third-order valence-corrected chi connectivity index (χ3v) is 6.85. The quantitative estimate of drug-likeness (QED) is 0.369. The van der Waals surface area contributed by atoms with Gasteiger partial charge in [-0.2, -0.15) is 4.37 Å². The van der Waals surface area contributed by atoms with Crippen molar-refractivity contribution in [3.63, 3.8) is 0 Å². The summed E-state index contributed by atoms with van der Waals surface area (Å²) < 4.78 is 31.3. The van der Waals surface area contributed by atoms with Crippen molar-refractivity contribution in [1.82, 2.24) is 14.1 Å². The number of nitrogens with zero attached hydrogens (tertiary/aromatic N) is 3. The van der Waals surface area contributed by atoms with Crippen LogP contribution < -0.4 is 15.0 Å². The summed E-state index contributed by atoms with van der Waals surface area (Å²) in [5.74, 6) is 0.0426. The number of hydrogen-bond donors (Lipinski definition) is 1. The lowest BCUT2D eigenvalue weighted by Crippen LogP contribution is -2.45. The Hall–Kier alpha value is -1.98. The summed E-state index contributed by atoms with van der Waals surface area (Å²) >= 11 is 1.07. The molecule has 0 bridgehead atoms. The first-order chi connectivity index (χ1) is 17.1. The lowest BCUT2D eigenvalue weighted by atomic mass is 9.74. The highest BCUT2D eigenvalue weighted by Crippen LogP contribution is 2.37. The predicted octanol–water partition coefficient (Wildman–Crippen LogP) is 3.84. The van der Waals surface area contributed by atoms with Crippen LogP contribution >= 0.6 is 11.7 Å². The van der Waals surface area contributed by atoms with Gasteiger partial charge in [-0.25, -0.2) is 4.79 Å². The average molecular weight is 543 g/mol. The van der Waals surface area contributed by atoms with Crippen molar-refractivity contribution in [3.05, 3.63) is 0 Å². The van der Waals surface area contributed by atoms with E-state index in [1.54, 1.807) is 0 Å². The van der Waals surface area contributed by atoms with Crippen LogP contribution in [0.25, 0.3) is 0 Å². The number of nitrogens with one attached hydrogen (secondary N) is 1. The molecule has 0 unspecified atom stereocenters. The van der Waals surface area contributed by atoms with E-state index in [-0.39, 0.29) is 17.6 Å². The van der Waals surface area contributed by atoms with Crippen LogP contribution in [0, 0.1) is 10.8 Å². The third-order valence-electron chi connectivity index (χ3n) is 6.35. The lowest BCUT2D eigenvalue weighted by molar-refractivity contribution is -0.176. The molecule has 2 heterocycles. The summed E-state index contributed by atoms with van der Waals surface area (Å²) in [6, 6.07) is 0. The second kappa shape index (κ2) is 13.2. The highest BCUT2D eigenvalue weighted by molar-refractivity contribution is 6.99. The van der Waals surface area contributed by atoms with E-state index >= 15 is 0 Å². The second-order valence-electron chi connectivity index (χ2n) is 12.1. The molecule has 11 heteroatoms. The number of aromatic nitrogens is 2. The van der Waals surface area contributed by atoms with Gasteiger partial charge in [0, 0.05) is 25.2 Å². The maximum atomic E-state index is 12.9. The van der Waals surface area contributed by atoms with Gasteiger partial charge in [-0.3, -0.25) is 4.79 Å². The van der Waals surface area contributed by atoms with Crippen molar-refractivity contribution >= 4 is 29.5 Å². The molecular formula is C26H46N4O6S. The number of hydrogen-bond acceptors (Lipinski definition) is 11. The third kappa shape index (κ3) is 10.4. The first-order valence-corrected chi connectivity index (χ1v) is 13.8. The van der Waals surface area contributed by atoms with Gasteiger partial charge in [0.25, 0.3) is 5.88 Å². The smallest absolute Gasteiger partial charge is 0.347 e. The zero-order chi connectivity index (χ0) is 27.9. The molecular weight excluding hydrogens is 496 g/mol. The molecule has 1 aliphatic heterocycles. The number of anilines is 1. The van der Waals surface area contributed by atoms with Crippen molar-refractivity contribution in [2.24, 2.45) is 10.8 Å². The van der Waals surface area contributed by atoms with Crippen molar-refractivity contribution in [1.29, 1.82) is 0 Å². The maximum absolute atomic E-state index is 12.9. The maximum Gasteiger partial charge on any atom is 0.347 e. The van der Waals surface area contributed by atoms with Crippen molar-refractivity contribution < 1.29 is 28.5 Å². The van der Waals surface area contributed by atoms with E-state index in [2.05, 4.69) is 39.7 Å². The first kappa shape index (κ1) is 31.2. The van der Waals surface area contributed by atoms with Crippen LogP contribution in [0.5, 0.6) is 5.88 Å². The largest absolute Gasteiger partial charge is 0.470 e. The van der Waals surface area contributed by atoms with Crippen LogP contribution in [0.15, 0.2) is 0 Å². The fourth-order valence-electron chi connectivity index (χ4n) is 3.98. The fraction of sp³-hybridized carbons (Fsp3) is 0.846. The Morgan fingerprint density at radius 2 is 1.73 bits per heavy atom. The van der Waals surface area contributed by atoms with Crippen LogP contribution in [-0.4, -0.2) is 77.9 Å². The number of ether oxygens (including phenoxy) is 4. The summed E-state index contributed by atoms with van der Waals surface area (Å²) in [5.41, 5.74) is -0.935. The van der Waals surface area contributed by atoms with E-state index in [0.717, 1.165) is 18.1 Å². The van der Waals surface area contributed by atoms with Gasteiger partial charge in [0.2, 0.25) is 5.82 Å². The Labute approximate surface area is 226 Å². The zero-order valence-electron chi connectivity index (χ0n) is 24.0. The van der Waals surface area contributed by atoms with Crippen LogP contribution in [-0.2, 0) is 23.8 Å². The van der Waals surface area contributed by atoms with E-state index < -0.39 is 29.6 Å². The summed E-state index contributed by atoms with van der Waals surface area (Å²) in [6.45, 7) is 20.7. The topological polar surface area (TPSA) is 112 Å². The minimum Gasteiger partial charge on any atom is -0.470 e. The highest BCUT2D eigenvalue weighted by Gasteiger charge is 2.37. The number of rotatable bonds is 13. The monoisotopic (exact) mass is 542 g/mol. The molecule has 0 spiro atoms. The van der Waals surface area contributed by atoms with Gasteiger partial charge in [-0.1, -0.05) is 27.2 Å². The molecule has 1 aromatic heterocycles. The SMILES string of the molecule is CCC(C)(C)CC(C)(C)C(=O)O[C@H](C)C(=O)O[C@@H](CNC(C)(C)C)COc1nsnc1N1CCOCC1. The number of esters is 2. The van der Waals surface area contributed by atoms with Crippen molar-refractivity contribution in [2.75, 3.05) is 44.4 Å². The predicted molar refractivity (Wildman–Crippen MR) is 144 cm³/mol. The van der Waals surface area contributed by atoms with E-state index in [9.17, 15) is 9.59 Å². The highest BCUT2D eigenvalue weighted by atomic mass is 32.1. The Bertz CT molecular complexity index is 877. The molecule has 212 valence electrons. The molecule has 10 nitrogen and oxygen atoms in total. The molecule has 1 aliphatic rings. The van der Waals surface area contributed by atoms with Gasteiger partial charge in [-0.15, -0.1) is 4.37 Å². The fourth-order valence-corrected chi connectivity index (χ4v) is 4.50. The van der Waals surface area contributed by atoms with Gasteiger partial charge >= 0.3 is 11.9 Å². The molecule has 0 saturated carbocycles. The molecule has 0 aromatic carbocycles. The van der Waals surface area contributed by atoms with E-state index in [1.807, 2.05) is 34.6 Å². The number of carbonyl (C=O) groups excluding carboxylic acids is 2. The summed E-state index contributed by atoms with van der Waals surface area (Å²) in [6.07, 6.45) is -0.0838. The van der Waals surface area contributed by atoms with Gasteiger partial charge in [0.05, 0.1) is 30.4 Å².